The molecule has 9 nitrogen and oxygen atoms in total. The van der Waals surface area contributed by atoms with Gasteiger partial charge in [-0.25, -0.2) is 13.1 Å². The molecule has 0 aliphatic carbocycles. The van der Waals surface area contributed by atoms with E-state index in [4.69, 9.17) is 9.47 Å². The van der Waals surface area contributed by atoms with E-state index in [0.29, 0.717) is 58.7 Å². The molecule has 1 unspecified atom stereocenters. The van der Waals surface area contributed by atoms with Gasteiger partial charge in [-0.1, -0.05) is 36.4 Å². The maximum absolute atomic E-state index is 13.2. The number of aliphatic hydroxyl groups is 1. The molecule has 202 valence electrons. The topological polar surface area (TPSA) is 108 Å². The van der Waals surface area contributed by atoms with Gasteiger partial charge in [0.2, 0.25) is 15.9 Å². The average Bonchev–Trinajstić information content (AvgIpc) is 2.89. The molecule has 2 aliphatic rings. The minimum absolute atomic E-state index is 0.0515. The molecule has 2 aromatic rings. The number of likely N-dealkylation sites (tertiary alicyclic amines) is 1. The van der Waals surface area contributed by atoms with Crippen molar-refractivity contribution in [1.82, 2.24) is 14.5 Å². The fraction of sp³-hybridized carbons (Fsp3) is 0.519. The smallest absolute Gasteiger partial charge is 0.244 e. The monoisotopic (exact) mass is 531 g/mol. The number of likely N-dealkylation sites (N-methyl/N-ethyl adjacent to an activating group) is 1. The summed E-state index contributed by atoms with van der Waals surface area (Å²) in [6.45, 7) is 2.77. The predicted octanol–water partition coefficient (Wildman–Crippen LogP) is 1.96. The molecule has 1 spiro atoms. The SMILES string of the molecule is COCCC(=O)N1CCC2(CC1)COc1cc(-c3ccccc3)ccc1S(=O)(=O)NCC(O)CN(C)C2. The number of piperidine rings is 1. The van der Waals surface area contributed by atoms with Crippen LogP contribution >= 0.6 is 0 Å². The molecule has 4 rings (SSSR count). The molecule has 2 aliphatic heterocycles. The minimum Gasteiger partial charge on any atom is -0.492 e. The third-order valence-corrected chi connectivity index (χ3v) is 8.67. The maximum atomic E-state index is 13.2. The Morgan fingerprint density at radius 1 is 1.16 bits per heavy atom. The van der Waals surface area contributed by atoms with Crippen molar-refractivity contribution >= 4 is 15.9 Å². The van der Waals surface area contributed by atoms with E-state index in [0.717, 1.165) is 11.1 Å². The van der Waals surface area contributed by atoms with E-state index in [9.17, 15) is 18.3 Å². The van der Waals surface area contributed by atoms with Crippen molar-refractivity contribution in [3.05, 3.63) is 48.5 Å². The summed E-state index contributed by atoms with van der Waals surface area (Å²) >= 11 is 0. The minimum atomic E-state index is -3.91. The molecule has 1 amide bonds. The van der Waals surface area contributed by atoms with Gasteiger partial charge in [-0.2, -0.15) is 0 Å². The lowest BCUT2D eigenvalue weighted by molar-refractivity contribution is -0.135. The third-order valence-electron chi connectivity index (χ3n) is 7.21. The number of ether oxygens (including phenoxy) is 2. The van der Waals surface area contributed by atoms with Gasteiger partial charge in [0.1, 0.15) is 10.6 Å². The summed E-state index contributed by atoms with van der Waals surface area (Å²) in [7, 11) is -0.404. The molecule has 1 atom stereocenters. The zero-order valence-corrected chi connectivity index (χ0v) is 22.4. The normalized spacial score (nSPS) is 22.4. The number of methoxy groups -OCH3 is 1. The quantitative estimate of drug-likeness (QED) is 0.621. The van der Waals surface area contributed by atoms with Crippen molar-refractivity contribution in [1.29, 1.82) is 0 Å². The molecule has 2 N–H and O–H groups in total. The van der Waals surface area contributed by atoms with Gasteiger partial charge in [-0.3, -0.25) is 4.79 Å². The van der Waals surface area contributed by atoms with Crippen LogP contribution in [0.2, 0.25) is 0 Å². The molecular formula is C27H37N3O6S. The second-order valence-corrected chi connectivity index (χ2v) is 11.9. The predicted molar refractivity (Wildman–Crippen MR) is 141 cm³/mol. The Kier molecular flexibility index (Phi) is 8.86. The van der Waals surface area contributed by atoms with Crippen molar-refractivity contribution in [2.24, 2.45) is 5.41 Å². The van der Waals surface area contributed by atoms with Crippen LogP contribution in [-0.4, -0.2) is 95.4 Å². The fourth-order valence-electron chi connectivity index (χ4n) is 5.16. The fourth-order valence-corrected chi connectivity index (χ4v) is 6.35. The molecule has 2 heterocycles. The van der Waals surface area contributed by atoms with Gasteiger partial charge in [-0.15, -0.1) is 0 Å². The first kappa shape index (κ1) is 27.5. The molecule has 1 fully saturated rings. The van der Waals surface area contributed by atoms with Crippen LogP contribution in [0.5, 0.6) is 5.75 Å². The standard InChI is InChI=1S/C27H37N3O6S/c1-29-18-23(31)17-28-37(33,34)25-9-8-22(21-6-4-3-5-7-21)16-24(25)36-20-27(19-29)11-13-30(14-12-27)26(32)10-15-35-2/h3-9,16,23,28,31H,10-15,17-20H2,1-2H3. The molecular weight excluding hydrogens is 494 g/mol. The van der Waals surface area contributed by atoms with E-state index in [2.05, 4.69) is 4.72 Å². The van der Waals surface area contributed by atoms with Crippen molar-refractivity contribution in [3.8, 4) is 16.9 Å². The van der Waals surface area contributed by atoms with Gasteiger partial charge in [0, 0.05) is 45.2 Å². The van der Waals surface area contributed by atoms with Crippen LogP contribution < -0.4 is 9.46 Å². The third kappa shape index (κ3) is 6.88. The zero-order chi connectivity index (χ0) is 26.5. The van der Waals surface area contributed by atoms with Crippen LogP contribution in [0, 0.1) is 5.41 Å². The lowest BCUT2D eigenvalue weighted by Gasteiger charge is -2.44. The Morgan fingerprint density at radius 3 is 2.59 bits per heavy atom. The number of nitrogens with one attached hydrogen (secondary N) is 1. The van der Waals surface area contributed by atoms with Crippen molar-refractivity contribution in [3.63, 3.8) is 0 Å². The Hall–Kier alpha value is -2.50. The van der Waals surface area contributed by atoms with Crippen molar-refractivity contribution in [2.75, 3.05) is 60.1 Å². The lowest BCUT2D eigenvalue weighted by atomic mass is 9.78. The Balaban J connectivity index is 1.64. The number of nitrogens with zero attached hydrogens (tertiary/aromatic N) is 2. The Bertz CT molecular complexity index is 1170. The van der Waals surface area contributed by atoms with E-state index in [1.54, 1.807) is 25.3 Å². The molecule has 0 radical (unpaired) electrons. The summed E-state index contributed by atoms with van der Waals surface area (Å²) in [4.78, 5) is 16.5. The van der Waals surface area contributed by atoms with Crippen LogP contribution in [0.4, 0.5) is 0 Å². The lowest BCUT2D eigenvalue weighted by Crippen LogP contribution is -2.51. The number of aliphatic hydroxyl groups excluding tert-OH is 1. The molecule has 10 heteroatoms. The van der Waals surface area contributed by atoms with E-state index in [1.807, 2.05) is 47.2 Å². The number of benzene rings is 2. The van der Waals surface area contributed by atoms with Crippen molar-refractivity contribution in [2.45, 2.75) is 30.3 Å². The molecule has 37 heavy (non-hydrogen) atoms. The second-order valence-electron chi connectivity index (χ2n) is 10.1. The second kappa shape index (κ2) is 11.9. The molecule has 0 aromatic heterocycles. The average molecular weight is 532 g/mol. The Morgan fingerprint density at radius 2 is 1.89 bits per heavy atom. The summed E-state index contributed by atoms with van der Waals surface area (Å²) in [5.74, 6) is 0.356. The highest BCUT2D eigenvalue weighted by Gasteiger charge is 2.39. The number of β-amino-alcohol motifs (C(OH)–C–C–N with tert-alkyl or cyclic N) is 1. The van der Waals surface area contributed by atoms with Crippen LogP contribution in [0.1, 0.15) is 19.3 Å². The van der Waals surface area contributed by atoms with Gasteiger partial charge in [0.25, 0.3) is 0 Å². The maximum Gasteiger partial charge on any atom is 0.244 e. The molecule has 0 bridgehead atoms. The van der Waals surface area contributed by atoms with Gasteiger partial charge in [-0.05, 0) is 43.1 Å². The number of carbonyl (C=O) groups is 1. The molecule has 0 saturated carbocycles. The zero-order valence-electron chi connectivity index (χ0n) is 21.6. The highest BCUT2D eigenvalue weighted by molar-refractivity contribution is 7.89. The van der Waals surface area contributed by atoms with Crippen molar-refractivity contribution < 1.29 is 27.8 Å². The van der Waals surface area contributed by atoms with Crippen LogP contribution in [0.25, 0.3) is 11.1 Å². The summed E-state index contributed by atoms with van der Waals surface area (Å²) < 4.78 is 40.3. The molecule has 1 saturated heterocycles. The van der Waals surface area contributed by atoms with E-state index in [-0.39, 0.29) is 28.5 Å². The van der Waals surface area contributed by atoms with Gasteiger partial charge < -0.3 is 24.4 Å². The first-order valence-corrected chi connectivity index (χ1v) is 14.1. The number of sulfonamides is 1. The van der Waals surface area contributed by atoms with E-state index < -0.39 is 16.1 Å². The molecule has 2 aromatic carbocycles. The first-order chi connectivity index (χ1) is 17.7. The number of rotatable bonds is 4. The van der Waals surface area contributed by atoms with E-state index in [1.165, 1.54) is 0 Å². The van der Waals surface area contributed by atoms with E-state index >= 15 is 0 Å². The first-order valence-electron chi connectivity index (χ1n) is 12.7. The number of amides is 1. The van der Waals surface area contributed by atoms with Gasteiger partial charge in [0.05, 0.1) is 25.7 Å². The summed E-state index contributed by atoms with van der Waals surface area (Å²) in [5.41, 5.74) is 1.51. The van der Waals surface area contributed by atoms with Crippen LogP contribution in [0.15, 0.2) is 53.4 Å². The summed E-state index contributed by atoms with van der Waals surface area (Å²) in [5, 5.41) is 10.6. The summed E-state index contributed by atoms with van der Waals surface area (Å²) in [6, 6.07) is 14.8. The van der Waals surface area contributed by atoms with Gasteiger partial charge in [0.15, 0.2) is 0 Å². The number of fused-ring (bicyclic) bond motifs is 1. The summed E-state index contributed by atoms with van der Waals surface area (Å²) in [6.07, 6.45) is 0.919. The number of hydrogen-bond donors (Lipinski definition) is 2. The Labute approximate surface area is 219 Å². The van der Waals surface area contributed by atoms with Gasteiger partial charge >= 0.3 is 0 Å². The number of carbonyl (C=O) groups excluding carboxylic acids is 1. The van der Waals surface area contributed by atoms with Crippen LogP contribution in [0.3, 0.4) is 0 Å². The highest BCUT2D eigenvalue weighted by atomic mass is 32.2. The number of hydrogen-bond acceptors (Lipinski definition) is 7. The van der Waals surface area contributed by atoms with Crippen LogP contribution in [-0.2, 0) is 19.6 Å². The largest absolute Gasteiger partial charge is 0.492 e. The highest BCUT2D eigenvalue weighted by Crippen LogP contribution is 2.36.